The van der Waals surface area contributed by atoms with Crippen molar-refractivity contribution in [2.75, 3.05) is 13.1 Å². The molecule has 1 aromatic carbocycles. The fraction of sp³-hybridized carbons (Fsp3) is 0.400. The van der Waals surface area contributed by atoms with E-state index >= 15 is 0 Å². The van der Waals surface area contributed by atoms with Crippen molar-refractivity contribution in [3.8, 4) is 0 Å². The van der Waals surface area contributed by atoms with Gasteiger partial charge in [0, 0.05) is 51.2 Å². The highest BCUT2D eigenvalue weighted by atomic mass is 19.1. The number of benzene rings is 1. The largest absolute Gasteiger partial charge is 0.332 e. The predicted molar refractivity (Wildman–Crippen MR) is 132 cm³/mol. The first-order chi connectivity index (χ1) is 17.0. The molecule has 0 bridgehead atoms. The predicted octanol–water partition coefficient (Wildman–Crippen LogP) is 2.14. The summed E-state index contributed by atoms with van der Waals surface area (Å²) in [4.78, 5) is 40.2. The number of imidazole rings is 1. The molecule has 3 heterocycles. The van der Waals surface area contributed by atoms with E-state index in [2.05, 4.69) is 15.3 Å². The van der Waals surface area contributed by atoms with E-state index in [0.717, 1.165) is 6.54 Å². The molecule has 0 aliphatic rings. The number of nitrogens with one attached hydrogen (secondary N) is 1. The number of hydrogen-bond donors (Lipinski definition) is 1. The molecule has 0 aliphatic heterocycles. The van der Waals surface area contributed by atoms with Crippen molar-refractivity contribution < 1.29 is 4.39 Å². The van der Waals surface area contributed by atoms with Gasteiger partial charge in [-0.05, 0) is 31.0 Å². The second kappa shape index (κ2) is 11.2. The highest BCUT2D eigenvalue weighted by Crippen LogP contribution is 2.16. The van der Waals surface area contributed by atoms with Crippen molar-refractivity contribution >= 4 is 11.2 Å². The Hall–Kier alpha value is -3.66. The van der Waals surface area contributed by atoms with Gasteiger partial charge in [0.2, 0.25) is 0 Å². The van der Waals surface area contributed by atoms with Gasteiger partial charge in [0.05, 0.1) is 5.69 Å². The van der Waals surface area contributed by atoms with Crippen LogP contribution in [0, 0.1) is 5.82 Å². The van der Waals surface area contributed by atoms with Gasteiger partial charge in [-0.2, -0.15) is 0 Å². The average Bonchev–Trinajstić information content (AvgIpc) is 3.21. The summed E-state index contributed by atoms with van der Waals surface area (Å²) in [5.74, 6) is 0.307. The van der Waals surface area contributed by atoms with E-state index in [1.165, 1.54) is 15.2 Å². The summed E-state index contributed by atoms with van der Waals surface area (Å²) < 4.78 is 18.9. The highest BCUT2D eigenvalue weighted by molar-refractivity contribution is 5.71. The lowest BCUT2D eigenvalue weighted by Crippen LogP contribution is -2.41. The van der Waals surface area contributed by atoms with Gasteiger partial charge < -0.3 is 9.88 Å². The summed E-state index contributed by atoms with van der Waals surface area (Å²) in [6.45, 7) is 6.37. The van der Waals surface area contributed by atoms with E-state index in [4.69, 9.17) is 4.98 Å². The zero-order valence-electron chi connectivity index (χ0n) is 20.1. The fourth-order valence-corrected chi connectivity index (χ4v) is 4.22. The number of aromatic nitrogens is 6. The Morgan fingerprint density at radius 2 is 1.83 bits per heavy atom. The molecule has 0 unspecified atom stereocenters. The molecular weight excluding hydrogens is 449 g/mol. The highest BCUT2D eigenvalue weighted by Gasteiger charge is 2.22. The van der Waals surface area contributed by atoms with Gasteiger partial charge in [-0.15, -0.1) is 0 Å². The van der Waals surface area contributed by atoms with Crippen LogP contribution in [0.4, 0.5) is 4.39 Å². The molecule has 0 saturated heterocycles. The van der Waals surface area contributed by atoms with Crippen LogP contribution < -0.4 is 16.6 Å². The maximum absolute atomic E-state index is 14.3. The molecule has 35 heavy (non-hydrogen) atoms. The van der Waals surface area contributed by atoms with Crippen molar-refractivity contribution in [3.63, 3.8) is 0 Å². The van der Waals surface area contributed by atoms with Crippen LogP contribution in [0.1, 0.15) is 37.4 Å². The summed E-state index contributed by atoms with van der Waals surface area (Å²) in [5, 5.41) is 3.28. The van der Waals surface area contributed by atoms with Crippen LogP contribution >= 0.6 is 0 Å². The molecule has 3 aromatic heterocycles. The molecule has 0 fully saturated rings. The normalized spacial score (nSPS) is 11.4. The summed E-state index contributed by atoms with van der Waals surface area (Å²) in [6, 6.07) is 6.51. The maximum atomic E-state index is 14.3. The monoisotopic (exact) mass is 479 g/mol. The van der Waals surface area contributed by atoms with Crippen LogP contribution in [0.2, 0.25) is 0 Å². The quantitative estimate of drug-likeness (QED) is 0.331. The lowest BCUT2D eigenvalue weighted by Gasteiger charge is -2.13. The van der Waals surface area contributed by atoms with Crippen molar-refractivity contribution in [1.82, 2.24) is 34.0 Å². The third kappa shape index (κ3) is 5.22. The number of nitrogens with zero attached hydrogens (tertiary/aromatic N) is 6. The zero-order valence-corrected chi connectivity index (χ0v) is 20.1. The van der Waals surface area contributed by atoms with Gasteiger partial charge in [0.25, 0.3) is 5.56 Å². The van der Waals surface area contributed by atoms with E-state index in [9.17, 15) is 14.0 Å². The Balaban J connectivity index is 1.88. The zero-order chi connectivity index (χ0) is 24.8. The molecule has 0 atom stereocenters. The molecule has 1 N–H and O–H groups in total. The number of hydrogen-bond acceptors (Lipinski definition) is 6. The van der Waals surface area contributed by atoms with E-state index in [1.54, 1.807) is 36.8 Å². The first-order valence-corrected chi connectivity index (χ1v) is 12.0. The molecular formula is C25H30FN7O2. The summed E-state index contributed by atoms with van der Waals surface area (Å²) >= 11 is 0. The molecule has 0 saturated carbocycles. The minimum absolute atomic E-state index is 0.203. The number of likely N-dealkylation sites (N-methyl/N-ethyl adjacent to an activating group) is 1. The topological polar surface area (TPSA) is 99.6 Å². The van der Waals surface area contributed by atoms with Crippen molar-refractivity contribution in [2.45, 2.75) is 52.7 Å². The second-order valence-electron chi connectivity index (χ2n) is 8.31. The van der Waals surface area contributed by atoms with Gasteiger partial charge in [-0.25, -0.2) is 14.2 Å². The Labute approximate surface area is 202 Å². The molecule has 0 radical (unpaired) electrons. The molecule has 4 rings (SSSR count). The van der Waals surface area contributed by atoms with E-state index in [1.807, 2.05) is 18.4 Å². The smallest absolute Gasteiger partial charge is 0.321 e. The van der Waals surface area contributed by atoms with Crippen LogP contribution in [0.3, 0.4) is 0 Å². The number of rotatable bonds is 11. The number of fused-ring (bicyclic) bond motifs is 1. The van der Waals surface area contributed by atoms with Crippen LogP contribution in [0.15, 0.2) is 52.4 Å². The van der Waals surface area contributed by atoms with E-state index in [-0.39, 0.29) is 17.9 Å². The molecule has 9 nitrogen and oxygen atoms in total. The number of aryl methyl sites for hydroxylation is 2. The van der Waals surface area contributed by atoms with Gasteiger partial charge in [0.15, 0.2) is 11.2 Å². The van der Waals surface area contributed by atoms with Gasteiger partial charge in [0.1, 0.15) is 11.6 Å². The SMILES string of the molecule is CCCn1c(=O)c2c(nc(Cc3cnccn3)n2CCNCC)n(CCc2ccccc2F)c1=O. The molecule has 4 aromatic rings. The van der Waals surface area contributed by atoms with Crippen molar-refractivity contribution in [2.24, 2.45) is 0 Å². The van der Waals surface area contributed by atoms with Crippen LogP contribution in [0.5, 0.6) is 0 Å². The molecule has 184 valence electrons. The van der Waals surface area contributed by atoms with Crippen LogP contribution in [0.25, 0.3) is 11.2 Å². The fourth-order valence-electron chi connectivity index (χ4n) is 4.22. The molecule has 0 spiro atoms. The average molecular weight is 480 g/mol. The van der Waals surface area contributed by atoms with Crippen LogP contribution in [-0.4, -0.2) is 41.7 Å². The first-order valence-electron chi connectivity index (χ1n) is 12.0. The lowest BCUT2D eigenvalue weighted by molar-refractivity contribution is 0.546. The van der Waals surface area contributed by atoms with Gasteiger partial charge in [-0.1, -0.05) is 32.0 Å². The lowest BCUT2D eigenvalue weighted by atomic mass is 10.1. The summed E-state index contributed by atoms with van der Waals surface area (Å²) in [6.07, 6.45) is 6.17. The van der Waals surface area contributed by atoms with Crippen molar-refractivity contribution in [3.05, 3.63) is 86.6 Å². The maximum Gasteiger partial charge on any atom is 0.332 e. The van der Waals surface area contributed by atoms with Crippen molar-refractivity contribution in [1.29, 1.82) is 0 Å². The number of halogens is 1. The third-order valence-corrected chi connectivity index (χ3v) is 5.92. The Morgan fingerprint density at radius 1 is 1.00 bits per heavy atom. The molecule has 0 amide bonds. The Kier molecular flexibility index (Phi) is 7.81. The molecule has 10 heteroatoms. The Bertz CT molecular complexity index is 1410. The standard InChI is InChI=1S/C25H30FN7O2/c1-3-13-33-24(34)22-23(32(25(33)35)14-9-18-7-5-6-8-20(18)26)30-21(31(22)15-12-27-4-2)16-19-17-28-10-11-29-19/h5-8,10-11,17,27H,3-4,9,12-16H2,1-2H3. The Morgan fingerprint density at radius 3 is 2.54 bits per heavy atom. The first kappa shape index (κ1) is 24.5. The van der Waals surface area contributed by atoms with E-state index in [0.29, 0.717) is 67.1 Å². The third-order valence-electron chi connectivity index (χ3n) is 5.92. The summed E-state index contributed by atoms with van der Waals surface area (Å²) in [7, 11) is 0. The summed E-state index contributed by atoms with van der Waals surface area (Å²) in [5.41, 5.74) is 1.13. The minimum atomic E-state index is -0.428. The second-order valence-corrected chi connectivity index (χ2v) is 8.31. The van der Waals surface area contributed by atoms with Gasteiger partial charge in [-0.3, -0.25) is 23.9 Å². The van der Waals surface area contributed by atoms with Gasteiger partial charge >= 0.3 is 5.69 Å². The van der Waals surface area contributed by atoms with Crippen LogP contribution in [-0.2, 0) is 32.5 Å². The van der Waals surface area contributed by atoms with E-state index < -0.39 is 5.69 Å². The minimum Gasteiger partial charge on any atom is -0.321 e. The molecule has 0 aliphatic carbocycles.